The number of aryl methyl sites for hydroxylation is 1. The molecule has 0 bridgehead atoms. The molecule has 0 unspecified atom stereocenters. The fourth-order valence-corrected chi connectivity index (χ4v) is 2.79. The summed E-state index contributed by atoms with van der Waals surface area (Å²) in [5.74, 6) is -0.00169. The van der Waals surface area contributed by atoms with E-state index in [1.807, 2.05) is 11.8 Å². The molecular formula is C14H19BrN2O2. The van der Waals surface area contributed by atoms with Crippen LogP contribution in [0.15, 0.2) is 18.2 Å². The number of benzene rings is 1. The lowest BCUT2D eigenvalue weighted by molar-refractivity contribution is 0.0642. The van der Waals surface area contributed by atoms with E-state index in [0.29, 0.717) is 5.56 Å². The molecule has 1 aliphatic rings. The number of carbonyl (C=O) groups is 1. The maximum atomic E-state index is 12.4. The molecule has 1 aromatic rings. The Hall–Kier alpha value is -1.07. The number of hydrogen-bond donors (Lipinski definition) is 1. The third kappa shape index (κ3) is 3.48. The lowest BCUT2D eigenvalue weighted by atomic mass is 10.1. The molecule has 5 heteroatoms. The minimum atomic E-state index is -0.0697. The average molecular weight is 327 g/mol. The molecule has 0 aliphatic carbocycles. The normalized spacial score (nSPS) is 16.6. The topological polar surface area (TPSA) is 43.8 Å². The van der Waals surface area contributed by atoms with Crippen LogP contribution in [0.5, 0.6) is 5.75 Å². The Morgan fingerprint density at radius 3 is 2.63 bits per heavy atom. The lowest BCUT2D eigenvalue weighted by Crippen LogP contribution is -2.49. The number of nitrogens with zero attached hydrogens (tertiary/aromatic N) is 2. The van der Waals surface area contributed by atoms with Crippen LogP contribution in [0.2, 0.25) is 0 Å². The first-order valence-electron chi connectivity index (χ1n) is 6.49. The van der Waals surface area contributed by atoms with Crippen LogP contribution in [0.25, 0.3) is 0 Å². The molecule has 2 rings (SSSR count). The molecular weight excluding hydrogens is 308 g/mol. The number of rotatable bonds is 3. The van der Waals surface area contributed by atoms with Crippen LogP contribution in [0, 0.1) is 6.92 Å². The highest BCUT2D eigenvalue weighted by atomic mass is 79.9. The van der Waals surface area contributed by atoms with Crippen LogP contribution in [0.3, 0.4) is 0 Å². The van der Waals surface area contributed by atoms with E-state index in [1.54, 1.807) is 18.2 Å². The molecule has 1 N–H and O–H groups in total. The Kier molecular flexibility index (Phi) is 4.82. The van der Waals surface area contributed by atoms with E-state index in [-0.39, 0.29) is 11.7 Å². The molecule has 1 amide bonds. The number of halogens is 1. The van der Waals surface area contributed by atoms with Gasteiger partial charge in [-0.3, -0.25) is 9.69 Å². The van der Waals surface area contributed by atoms with Gasteiger partial charge in [-0.25, -0.2) is 0 Å². The fraction of sp³-hybridized carbons (Fsp3) is 0.500. The van der Waals surface area contributed by atoms with Crippen molar-refractivity contribution in [2.24, 2.45) is 0 Å². The Morgan fingerprint density at radius 2 is 2.00 bits per heavy atom. The number of alkyl halides is 1. The summed E-state index contributed by atoms with van der Waals surface area (Å²) in [7, 11) is 0. The Bertz CT molecular complexity index is 457. The van der Waals surface area contributed by atoms with Gasteiger partial charge in [-0.1, -0.05) is 27.6 Å². The van der Waals surface area contributed by atoms with Gasteiger partial charge >= 0.3 is 0 Å². The lowest BCUT2D eigenvalue weighted by Gasteiger charge is -2.34. The molecule has 0 spiro atoms. The second kappa shape index (κ2) is 6.39. The number of amides is 1. The molecule has 0 atom stereocenters. The summed E-state index contributed by atoms with van der Waals surface area (Å²) in [5, 5.41) is 10.8. The fourth-order valence-electron chi connectivity index (χ4n) is 2.29. The molecule has 1 heterocycles. The van der Waals surface area contributed by atoms with Crippen molar-refractivity contribution in [3.63, 3.8) is 0 Å². The quantitative estimate of drug-likeness (QED) is 0.862. The molecule has 0 aromatic heterocycles. The summed E-state index contributed by atoms with van der Waals surface area (Å²) in [6.45, 7) is 6.16. The first kappa shape index (κ1) is 14.3. The molecule has 1 aliphatic heterocycles. The van der Waals surface area contributed by atoms with Gasteiger partial charge in [0.05, 0.1) is 5.56 Å². The summed E-state index contributed by atoms with van der Waals surface area (Å²) < 4.78 is 0. The number of phenolic OH excluding ortho intramolecular Hbond substituents is 1. The van der Waals surface area contributed by atoms with Gasteiger partial charge < -0.3 is 10.0 Å². The van der Waals surface area contributed by atoms with Gasteiger partial charge in [-0.05, 0) is 19.1 Å². The van der Waals surface area contributed by atoms with Gasteiger partial charge in [0.25, 0.3) is 5.91 Å². The summed E-state index contributed by atoms with van der Waals surface area (Å²) in [6.07, 6.45) is 0. The summed E-state index contributed by atoms with van der Waals surface area (Å²) >= 11 is 3.43. The molecule has 1 saturated heterocycles. The second-order valence-corrected chi connectivity index (χ2v) is 5.64. The Balaban J connectivity index is 2.03. The van der Waals surface area contributed by atoms with Crippen LogP contribution in [-0.4, -0.2) is 58.9 Å². The molecule has 1 aromatic carbocycles. The van der Waals surface area contributed by atoms with E-state index in [9.17, 15) is 9.90 Å². The van der Waals surface area contributed by atoms with Crippen molar-refractivity contribution < 1.29 is 9.90 Å². The SMILES string of the molecule is Cc1ccc(O)c(C(=O)N2CCN(CCBr)CC2)c1. The third-order valence-electron chi connectivity index (χ3n) is 3.44. The van der Waals surface area contributed by atoms with Crippen molar-refractivity contribution in [2.45, 2.75) is 6.92 Å². The van der Waals surface area contributed by atoms with Crippen LogP contribution >= 0.6 is 15.9 Å². The first-order valence-corrected chi connectivity index (χ1v) is 7.61. The van der Waals surface area contributed by atoms with E-state index < -0.39 is 0 Å². The molecule has 104 valence electrons. The van der Waals surface area contributed by atoms with Crippen molar-refractivity contribution in [3.05, 3.63) is 29.3 Å². The first-order chi connectivity index (χ1) is 9.11. The smallest absolute Gasteiger partial charge is 0.257 e. The molecule has 19 heavy (non-hydrogen) atoms. The van der Waals surface area contributed by atoms with Crippen LogP contribution in [0.4, 0.5) is 0 Å². The number of carbonyl (C=O) groups excluding carboxylic acids is 1. The molecule has 4 nitrogen and oxygen atoms in total. The van der Waals surface area contributed by atoms with Gasteiger partial charge in [-0.15, -0.1) is 0 Å². The van der Waals surface area contributed by atoms with Crippen LogP contribution in [0.1, 0.15) is 15.9 Å². The van der Waals surface area contributed by atoms with Gasteiger partial charge in [-0.2, -0.15) is 0 Å². The minimum Gasteiger partial charge on any atom is -0.507 e. The number of hydrogen-bond acceptors (Lipinski definition) is 3. The second-order valence-electron chi connectivity index (χ2n) is 4.84. The van der Waals surface area contributed by atoms with Crippen molar-refractivity contribution >= 4 is 21.8 Å². The predicted molar refractivity (Wildman–Crippen MR) is 79.0 cm³/mol. The molecule has 0 saturated carbocycles. The van der Waals surface area contributed by atoms with E-state index in [1.165, 1.54) is 0 Å². The van der Waals surface area contributed by atoms with Gasteiger partial charge in [0.15, 0.2) is 0 Å². The van der Waals surface area contributed by atoms with Crippen molar-refractivity contribution in [3.8, 4) is 5.75 Å². The number of aromatic hydroxyl groups is 1. The van der Waals surface area contributed by atoms with Crippen molar-refractivity contribution in [2.75, 3.05) is 38.1 Å². The Morgan fingerprint density at radius 1 is 1.32 bits per heavy atom. The van der Waals surface area contributed by atoms with E-state index in [4.69, 9.17) is 0 Å². The monoisotopic (exact) mass is 326 g/mol. The zero-order chi connectivity index (χ0) is 13.8. The summed E-state index contributed by atoms with van der Waals surface area (Å²) in [5.41, 5.74) is 1.40. The molecule has 0 radical (unpaired) electrons. The average Bonchev–Trinajstić information content (AvgIpc) is 2.42. The number of phenols is 1. The highest BCUT2D eigenvalue weighted by Gasteiger charge is 2.23. The summed E-state index contributed by atoms with van der Waals surface area (Å²) in [6, 6.07) is 5.15. The highest BCUT2D eigenvalue weighted by Crippen LogP contribution is 2.20. The van der Waals surface area contributed by atoms with Crippen molar-refractivity contribution in [1.82, 2.24) is 9.80 Å². The minimum absolute atomic E-state index is 0.0680. The Labute approximate surface area is 122 Å². The standard InChI is InChI=1S/C14H19BrN2O2/c1-11-2-3-13(18)12(10-11)14(19)17-8-6-16(5-4-15)7-9-17/h2-3,10,18H,4-9H2,1H3. The van der Waals surface area contributed by atoms with Gasteiger partial charge in [0, 0.05) is 38.1 Å². The van der Waals surface area contributed by atoms with Crippen LogP contribution < -0.4 is 0 Å². The largest absolute Gasteiger partial charge is 0.507 e. The highest BCUT2D eigenvalue weighted by molar-refractivity contribution is 9.09. The summed E-state index contributed by atoms with van der Waals surface area (Å²) in [4.78, 5) is 16.5. The zero-order valence-corrected chi connectivity index (χ0v) is 12.7. The van der Waals surface area contributed by atoms with Crippen molar-refractivity contribution in [1.29, 1.82) is 0 Å². The number of piperazine rings is 1. The maximum absolute atomic E-state index is 12.4. The molecule has 1 fully saturated rings. The third-order valence-corrected chi connectivity index (χ3v) is 3.80. The van der Waals surface area contributed by atoms with Gasteiger partial charge in [0.2, 0.25) is 0 Å². The van der Waals surface area contributed by atoms with E-state index in [2.05, 4.69) is 20.8 Å². The van der Waals surface area contributed by atoms with Crippen LogP contribution in [-0.2, 0) is 0 Å². The predicted octanol–water partition coefficient (Wildman–Crippen LogP) is 1.85. The maximum Gasteiger partial charge on any atom is 0.257 e. The zero-order valence-electron chi connectivity index (χ0n) is 11.1. The van der Waals surface area contributed by atoms with E-state index >= 15 is 0 Å². The van der Waals surface area contributed by atoms with E-state index in [0.717, 1.165) is 43.6 Å². The van der Waals surface area contributed by atoms with Gasteiger partial charge in [0.1, 0.15) is 5.75 Å².